The summed E-state index contributed by atoms with van der Waals surface area (Å²) in [5.41, 5.74) is 5.75. The van der Waals surface area contributed by atoms with Gasteiger partial charge < -0.3 is 15.8 Å². The van der Waals surface area contributed by atoms with Crippen molar-refractivity contribution in [1.82, 2.24) is 9.88 Å². The van der Waals surface area contributed by atoms with Crippen molar-refractivity contribution in [2.24, 2.45) is 16.3 Å². The van der Waals surface area contributed by atoms with Crippen molar-refractivity contribution >= 4 is 11.7 Å². The van der Waals surface area contributed by atoms with Crippen LogP contribution in [0.5, 0.6) is 0 Å². The minimum absolute atomic E-state index is 0.0212. The van der Waals surface area contributed by atoms with Crippen LogP contribution >= 0.6 is 0 Å². The van der Waals surface area contributed by atoms with E-state index in [0.29, 0.717) is 19.4 Å². The van der Waals surface area contributed by atoms with E-state index >= 15 is 0 Å². The number of carbonyl (C=O) groups excluding carboxylic acids is 1. The lowest BCUT2D eigenvalue weighted by Gasteiger charge is -2.31. The molecule has 0 bridgehead atoms. The van der Waals surface area contributed by atoms with E-state index < -0.39 is 5.41 Å². The zero-order chi connectivity index (χ0) is 14.6. The summed E-state index contributed by atoms with van der Waals surface area (Å²) >= 11 is 0. The Morgan fingerprint density at radius 1 is 1.50 bits per heavy atom. The Kier molecular flexibility index (Phi) is 4.22. The molecule has 1 fully saturated rings. The Labute approximate surface area is 118 Å². The van der Waals surface area contributed by atoms with Crippen molar-refractivity contribution in [3.05, 3.63) is 30.1 Å². The molecule has 1 saturated carbocycles. The van der Waals surface area contributed by atoms with E-state index in [1.165, 1.54) is 0 Å². The average molecular weight is 276 g/mol. The summed E-state index contributed by atoms with van der Waals surface area (Å²) in [5.74, 6) is -0.0798. The molecule has 20 heavy (non-hydrogen) atoms. The molecule has 0 unspecified atom stereocenters. The van der Waals surface area contributed by atoms with Gasteiger partial charge in [-0.3, -0.25) is 9.78 Å². The third-order valence-electron chi connectivity index (χ3n) is 3.94. The van der Waals surface area contributed by atoms with Crippen LogP contribution in [0, 0.1) is 5.41 Å². The lowest BCUT2D eigenvalue weighted by molar-refractivity contribution is -0.137. The van der Waals surface area contributed by atoms with Crippen LogP contribution in [0.2, 0.25) is 0 Å². The van der Waals surface area contributed by atoms with Gasteiger partial charge in [0.05, 0.1) is 12.2 Å². The SMILES string of the molecule is CN(Cc1ccccn1)C(=O)C1(C(N)=NO)CCCC1. The topological polar surface area (TPSA) is 91.8 Å². The van der Waals surface area contributed by atoms with Crippen LogP contribution < -0.4 is 5.73 Å². The van der Waals surface area contributed by atoms with Crippen LogP contribution in [0.25, 0.3) is 0 Å². The standard InChI is InChI=1S/C14H20N4O2/c1-18(10-11-6-2-5-9-16-11)13(19)14(12(15)17-20)7-3-4-8-14/h2,5-6,9,20H,3-4,7-8,10H2,1H3,(H2,15,17). The summed E-state index contributed by atoms with van der Waals surface area (Å²) < 4.78 is 0. The Morgan fingerprint density at radius 2 is 2.20 bits per heavy atom. The van der Waals surface area contributed by atoms with Gasteiger partial charge in [0.2, 0.25) is 5.91 Å². The van der Waals surface area contributed by atoms with Gasteiger partial charge in [-0.2, -0.15) is 0 Å². The number of aromatic nitrogens is 1. The maximum absolute atomic E-state index is 12.7. The number of oxime groups is 1. The summed E-state index contributed by atoms with van der Waals surface area (Å²) in [7, 11) is 1.72. The molecule has 6 nitrogen and oxygen atoms in total. The fourth-order valence-corrected chi connectivity index (χ4v) is 2.83. The molecular formula is C14H20N4O2. The van der Waals surface area contributed by atoms with Crippen LogP contribution in [0.4, 0.5) is 0 Å². The highest BCUT2D eigenvalue weighted by Gasteiger charge is 2.46. The predicted molar refractivity (Wildman–Crippen MR) is 75.0 cm³/mol. The first-order valence-electron chi connectivity index (χ1n) is 6.73. The minimum Gasteiger partial charge on any atom is -0.409 e. The zero-order valence-electron chi connectivity index (χ0n) is 11.6. The fourth-order valence-electron chi connectivity index (χ4n) is 2.83. The van der Waals surface area contributed by atoms with E-state index in [2.05, 4.69) is 10.1 Å². The van der Waals surface area contributed by atoms with Crippen LogP contribution in [0.15, 0.2) is 29.6 Å². The van der Waals surface area contributed by atoms with Crippen molar-refractivity contribution in [2.45, 2.75) is 32.2 Å². The maximum atomic E-state index is 12.7. The summed E-state index contributed by atoms with van der Waals surface area (Å²) in [6.45, 7) is 0.417. The molecule has 1 aliphatic carbocycles. The Bertz CT molecular complexity index is 495. The molecule has 0 aromatic carbocycles. The number of hydrogen-bond donors (Lipinski definition) is 2. The van der Waals surface area contributed by atoms with Crippen molar-refractivity contribution in [1.29, 1.82) is 0 Å². The molecule has 6 heteroatoms. The molecule has 0 spiro atoms. The van der Waals surface area contributed by atoms with Gasteiger partial charge in [0.1, 0.15) is 5.41 Å². The lowest BCUT2D eigenvalue weighted by Crippen LogP contribution is -2.48. The van der Waals surface area contributed by atoms with Crippen LogP contribution in [-0.2, 0) is 11.3 Å². The second kappa shape index (κ2) is 5.90. The molecule has 0 saturated heterocycles. The van der Waals surface area contributed by atoms with Crippen molar-refractivity contribution in [3.8, 4) is 0 Å². The highest BCUT2D eigenvalue weighted by Crippen LogP contribution is 2.40. The summed E-state index contributed by atoms with van der Waals surface area (Å²) in [4.78, 5) is 18.5. The highest BCUT2D eigenvalue weighted by atomic mass is 16.4. The molecule has 0 radical (unpaired) electrons. The maximum Gasteiger partial charge on any atom is 0.236 e. The van der Waals surface area contributed by atoms with E-state index in [4.69, 9.17) is 10.9 Å². The Balaban J connectivity index is 2.16. The Hall–Kier alpha value is -2.11. The first-order chi connectivity index (χ1) is 9.60. The highest BCUT2D eigenvalue weighted by molar-refractivity contribution is 6.06. The average Bonchev–Trinajstić information content (AvgIpc) is 2.97. The van der Waals surface area contributed by atoms with Gasteiger partial charge in [-0.1, -0.05) is 24.1 Å². The van der Waals surface area contributed by atoms with Gasteiger partial charge in [0.25, 0.3) is 0 Å². The van der Waals surface area contributed by atoms with E-state index in [-0.39, 0.29) is 11.7 Å². The molecular weight excluding hydrogens is 256 g/mol. The summed E-state index contributed by atoms with van der Waals surface area (Å²) in [5, 5.41) is 12.0. The van der Waals surface area contributed by atoms with Crippen molar-refractivity contribution < 1.29 is 10.0 Å². The van der Waals surface area contributed by atoms with Crippen molar-refractivity contribution in [2.75, 3.05) is 7.05 Å². The number of amides is 1. The monoisotopic (exact) mass is 276 g/mol. The van der Waals surface area contributed by atoms with E-state index in [0.717, 1.165) is 18.5 Å². The number of nitrogens with two attached hydrogens (primary N) is 1. The van der Waals surface area contributed by atoms with Gasteiger partial charge >= 0.3 is 0 Å². The quantitative estimate of drug-likeness (QED) is 0.376. The van der Waals surface area contributed by atoms with Crippen LogP contribution in [0.1, 0.15) is 31.4 Å². The molecule has 1 aliphatic rings. The fraction of sp³-hybridized carbons (Fsp3) is 0.500. The number of carbonyl (C=O) groups is 1. The summed E-state index contributed by atoms with van der Waals surface area (Å²) in [6.07, 6.45) is 4.80. The van der Waals surface area contributed by atoms with Crippen LogP contribution in [-0.4, -0.2) is 33.9 Å². The number of nitrogens with zero attached hydrogens (tertiary/aromatic N) is 3. The summed E-state index contributed by atoms with van der Waals surface area (Å²) in [6, 6.07) is 5.59. The molecule has 1 aromatic heterocycles. The predicted octanol–water partition coefficient (Wildman–Crippen LogP) is 1.35. The molecule has 108 valence electrons. The second-order valence-corrected chi connectivity index (χ2v) is 5.26. The van der Waals surface area contributed by atoms with Gasteiger partial charge in [-0.25, -0.2) is 0 Å². The third-order valence-corrected chi connectivity index (χ3v) is 3.94. The van der Waals surface area contributed by atoms with E-state index in [9.17, 15) is 4.79 Å². The molecule has 0 atom stereocenters. The normalized spacial score (nSPS) is 17.9. The van der Waals surface area contributed by atoms with Crippen LogP contribution in [0.3, 0.4) is 0 Å². The zero-order valence-corrected chi connectivity index (χ0v) is 11.6. The smallest absolute Gasteiger partial charge is 0.236 e. The number of rotatable bonds is 4. The third kappa shape index (κ3) is 2.59. The van der Waals surface area contributed by atoms with E-state index in [1.807, 2.05) is 18.2 Å². The largest absolute Gasteiger partial charge is 0.409 e. The molecule has 2 rings (SSSR count). The minimum atomic E-state index is -0.849. The van der Waals surface area contributed by atoms with Gasteiger partial charge in [-0.05, 0) is 25.0 Å². The number of hydrogen-bond acceptors (Lipinski definition) is 4. The number of amidine groups is 1. The van der Waals surface area contributed by atoms with E-state index in [1.54, 1.807) is 18.1 Å². The molecule has 1 aromatic rings. The first kappa shape index (κ1) is 14.3. The molecule has 1 amide bonds. The number of pyridine rings is 1. The van der Waals surface area contributed by atoms with Crippen molar-refractivity contribution in [3.63, 3.8) is 0 Å². The second-order valence-electron chi connectivity index (χ2n) is 5.26. The van der Waals surface area contributed by atoms with Gasteiger partial charge in [0, 0.05) is 13.2 Å². The first-order valence-corrected chi connectivity index (χ1v) is 6.73. The van der Waals surface area contributed by atoms with Gasteiger partial charge in [0.15, 0.2) is 5.84 Å². The molecule has 1 heterocycles. The molecule has 0 aliphatic heterocycles. The Morgan fingerprint density at radius 3 is 2.75 bits per heavy atom. The lowest BCUT2D eigenvalue weighted by atomic mass is 9.83. The molecule has 3 N–H and O–H groups in total. The van der Waals surface area contributed by atoms with Gasteiger partial charge in [-0.15, -0.1) is 0 Å².